The van der Waals surface area contributed by atoms with Crippen LogP contribution in [-0.4, -0.2) is 99.9 Å². The molecule has 0 aliphatic carbocycles. The van der Waals surface area contributed by atoms with Crippen molar-refractivity contribution in [2.24, 2.45) is 10.7 Å². The van der Waals surface area contributed by atoms with Gasteiger partial charge < -0.3 is 29.0 Å². The molecule has 1 fully saturated rings. The maximum Gasteiger partial charge on any atom is 0.442 e. The number of aliphatic imine (C=N–C) groups is 1. The summed E-state index contributed by atoms with van der Waals surface area (Å²) in [5, 5.41) is 0.540. The lowest BCUT2D eigenvalue weighted by atomic mass is 10.2. The van der Waals surface area contributed by atoms with Crippen molar-refractivity contribution in [3.8, 4) is 11.5 Å². The number of hydroxylamine groups is 2. The lowest BCUT2D eigenvalue weighted by molar-refractivity contribution is -0.103. The molecule has 17 nitrogen and oxygen atoms in total. The van der Waals surface area contributed by atoms with E-state index in [0.717, 1.165) is 5.82 Å². The highest BCUT2D eigenvalue weighted by molar-refractivity contribution is 7.91. The number of aryl methyl sites for hydroxylation is 1. The number of pyridine rings is 1. The van der Waals surface area contributed by atoms with Gasteiger partial charge in [-0.25, -0.2) is 23.0 Å². The van der Waals surface area contributed by atoms with Gasteiger partial charge in [0.05, 0.1) is 13.2 Å². The predicted molar refractivity (Wildman–Crippen MR) is 203 cm³/mol. The van der Waals surface area contributed by atoms with Crippen molar-refractivity contribution in [2.75, 3.05) is 44.3 Å². The molecule has 1 aliphatic heterocycles. The normalized spacial score (nSPS) is 14.6. The van der Waals surface area contributed by atoms with E-state index in [1.165, 1.54) is 40.7 Å². The average Bonchev–Trinajstić information content (AvgIpc) is 3.08. The number of aromatic nitrogens is 1. The third-order valence-corrected chi connectivity index (χ3v) is 10.7. The van der Waals surface area contributed by atoms with Crippen LogP contribution in [0.4, 0.5) is 15.4 Å². The average molecular weight is 805 g/mol. The minimum atomic E-state index is -4.65. The van der Waals surface area contributed by atoms with E-state index in [0.29, 0.717) is 23.7 Å². The maximum atomic E-state index is 13.8. The predicted octanol–water partition coefficient (Wildman–Crippen LogP) is 4.86. The van der Waals surface area contributed by atoms with Crippen LogP contribution in [0.3, 0.4) is 0 Å². The molecule has 0 saturated carbocycles. The van der Waals surface area contributed by atoms with Gasteiger partial charge in [-0.05, 0) is 90.4 Å². The maximum absolute atomic E-state index is 13.8. The van der Waals surface area contributed by atoms with Gasteiger partial charge in [0, 0.05) is 44.9 Å². The van der Waals surface area contributed by atoms with E-state index in [2.05, 4.69) is 9.98 Å². The number of carbonyl (C=O) groups is 2. The molecule has 0 unspecified atom stereocenters. The van der Waals surface area contributed by atoms with E-state index < -0.39 is 59.3 Å². The van der Waals surface area contributed by atoms with Crippen molar-refractivity contribution < 1.29 is 49.7 Å². The van der Waals surface area contributed by atoms with Gasteiger partial charge in [0.2, 0.25) is 16.0 Å². The zero-order chi connectivity index (χ0) is 40.6. The van der Waals surface area contributed by atoms with Crippen molar-refractivity contribution in [2.45, 2.75) is 75.9 Å². The van der Waals surface area contributed by atoms with Crippen LogP contribution in [0.15, 0.2) is 81.6 Å². The van der Waals surface area contributed by atoms with Gasteiger partial charge in [-0.3, -0.25) is 4.84 Å². The van der Waals surface area contributed by atoms with Gasteiger partial charge in [-0.15, -0.1) is 10.1 Å². The molecule has 55 heavy (non-hydrogen) atoms. The molecule has 4 rings (SSSR count). The Morgan fingerprint density at radius 1 is 0.836 bits per heavy atom. The fourth-order valence-corrected chi connectivity index (χ4v) is 8.18. The molecule has 1 saturated heterocycles. The molecule has 2 aromatic carbocycles. The second-order valence-corrected chi connectivity index (χ2v) is 17.7. The van der Waals surface area contributed by atoms with Gasteiger partial charge in [0.1, 0.15) is 38.3 Å². The van der Waals surface area contributed by atoms with Crippen LogP contribution >= 0.6 is 0 Å². The lowest BCUT2D eigenvalue weighted by Gasteiger charge is -2.34. The third kappa shape index (κ3) is 12.5. The number of hydrogen-bond acceptors (Lipinski definition) is 13. The van der Waals surface area contributed by atoms with Crippen molar-refractivity contribution >= 4 is 44.1 Å². The Morgan fingerprint density at radius 3 is 2.07 bits per heavy atom. The first kappa shape index (κ1) is 42.8. The molecule has 2 N–H and O–H groups in total. The molecule has 0 atom stereocenters. The highest BCUT2D eigenvalue weighted by atomic mass is 32.2. The quantitative estimate of drug-likeness (QED) is 0.0853. The second-order valence-electron chi connectivity index (χ2n) is 14.3. The molecule has 2 heterocycles. The van der Waals surface area contributed by atoms with Gasteiger partial charge in [0.25, 0.3) is 0 Å². The van der Waals surface area contributed by atoms with Gasteiger partial charge in [-0.1, -0.05) is 18.2 Å². The number of carbonyl (C=O) groups excluding carboxylic acids is 2. The Bertz CT molecular complexity index is 2060. The SMILES string of the molecule is Cc1cc(OCCCON(C(=O)OC(C)(C)C)C(N)=NC(=O)OC(C)(C)C)cc(OS(=O)(=O)c2ccccc2S(=O)(=O)N2CCN(c3ccccn3)CC2)c1. The number of nitrogens with zero attached hydrogens (tertiary/aromatic N) is 5. The van der Waals surface area contributed by atoms with E-state index in [1.54, 1.807) is 66.8 Å². The molecule has 1 aromatic heterocycles. The molecule has 0 radical (unpaired) electrons. The van der Waals surface area contributed by atoms with E-state index in [4.69, 9.17) is 29.0 Å². The first-order chi connectivity index (χ1) is 25.6. The number of ether oxygens (including phenoxy) is 3. The summed E-state index contributed by atoms with van der Waals surface area (Å²) >= 11 is 0. The van der Waals surface area contributed by atoms with Crippen LogP contribution < -0.4 is 19.6 Å². The molecule has 2 amide bonds. The van der Waals surface area contributed by atoms with E-state index in [-0.39, 0.29) is 44.2 Å². The Morgan fingerprint density at radius 2 is 1.45 bits per heavy atom. The molecule has 19 heteroatoms. The van der Waals surface area contributed by atoms with Crippen molar-refractivity contribution in [3.05, 3.63) is 72.4 Å². The van der Waals surface area contributed by atoms with Crippen LogP contribution in [0.25, 0.3) is 0 Å². The Hall–Kier alpha value is -4.98. The van der Waals surface area contributed by atoms with Crippen LogP contribution in [-0.2, 0) is 34.5 Å². The number of anilines is 1. The number of nitrogens with two attached hydrogens (primary N) is 1. The van der Waals surface area contributed by atoms with E-state index in [1.807, 2.05) is 17.0 Å². The lowest BCUT2D eigenvalue weighted by Crippen LogP contribution is -2.49. The van der Waals surface area contributed by atoms with Gasteiger partial charge in [-0.2, -0.15) is 12.7 Å². The minimum Gasteiger partial charge on any atom is -0.493 e. The molecular weight excluding hydrogens is 757 g/mol. The standard InChI is InChI=1S/C36H48N6O11S2/c1-26-23-27(49-21-12-22-50-42(34(44)52-36(5,6)7)32(37)39-33(43)51-35(2,3)4)25-28(24-26)53-55(47,48)30-14-9-8-13-29(30)54(45,46)41-19-17-40(18-20-41)31-15-10-11-16-38-31/h8-11,13-16,23-25H,12,17-22H2,1-7H3,(H2,37,39,43). The fourth-order valence-electron chi connectivity index (χ4n) is 5.07. The first-order valence-electron chi connectivity index (χ1n) is 17.3. The molecule has 0 spiro atoms. The monoisotopic (exact) mass is 804 g/mol. The Balaban J connectivity index is 1.40. The molecule has 1 aliphatic rings. The van der Waals surface area contributed by atoms with E-state index in [9.17, 15) is 26.4 Å². The van der Waals surface area contributed by atoms with Gasteiger partial charge >= 0.3 is 22.3 Å². The highest BCUT2D eigenvalue weighted by Crippen LogP contribution is 2.30. The fraction of sp³-hybridized carbons (Fsp3) is 0.444. The number of benzene rings is 2. The topological polar surface area (TPSA) is 210 Å². The number of piperazine rings is 1. The van der Waals surface area contributed by atoms with Crippen LogP contribution in [0.5, 0.6) is 11.5 Å². The van der Waals surface area contributed by atoms with Crippen molar-refractivity contribution in [3.63, 3.8) is 0 Å². The van der Waals surface area contributed by atoms with Gasteiger partial charge in [0.15, 0.2) is 0 Å². The largest absolute Gasteiger partial charge is 0.493 e. The van der Waals surface area contributed by atoms with Crippen molar-refractivity contribution in [1.29, 1.82) is 0 Å². The summed E-state index contributed by atoms with van der Waals surface area (Å²) in [5.74, 6) is 0.253. The summed E-state index contributed by atoms with van der Waals surface area (Å²) in [6, 6.07) is 15.2. The number of hydrogen-bond donors (Lipinski definition) is 1. The number of amides is 2. The minimum absolute atomic E-state index is 0.0234. The summed E-state index contributed by atoms with van der Waals surface area (Å²) in [5.41, 5.74) is 4.72. The van der Waals surface area contributed by atoms with E-state index >= 15 is 0 Å². The van der Waals surface area contributed by atoms with Crippen molar-refractivity contribution in [1.82, 2.24) is 14.4 Å². The zero-order valence-corrected chi connectivity index (χ0v) is 33.6. The summed E-state index contributed by atoms with van der Waals surface area (Å²) in [6.07, 6.45) is -0.209. The number of sulfonamides is 1. The van der Waals surface area contributed by atoms with Crippen LogP contribution in [0, 0.1) is 6.92 Å². The van der Waals surface area contributed by atoms with Crippen LogP contribution in [0.1, 0.15) is 53.5 Å². The first-order valence-corrected chi connectivity index (χ1v) is 20.2. The summed E-state index contributed by atoms with van der Waals surface area (Å²) in [6.45, 7) is 12.4. The molecule has 0 bridgehead atoms. The third-order valence-electron chi connectivity index (χ3n) is 7.32. The summed E-state index contributed by atoms with van der Waals surface area (Å²) in [4.78, 5) is 39.4. The summed E-state index contributed by atoms with van der Waals surface area (Å²) in [7, 11) is -8.87. The zero-order valence-electron chi connectivity index (χ0n) is 31.9. The number of rotatable bonds is 12. The smallest absolute Gasteiger partial charge is 0.442 e. The summed E-state index contributed by atoms with van der Waals surface area (Å²) < 4.78 is 77.8. The number of guanidine groups is 1. The molecule has 300 valence electrons. The molecule has 3 aromatic rings. The Kier molecular flexibility index (Phi) is 13.7. The second kappa shape index (κ2) is 17.7. The van der Waals surface area contributed by atoms with Crippen LogP contribution in [0.2, 0.25) is 0 Å². The highest BCUT2D eigenvalue weighted by Gasteiger charge is 2.35. The molecular formula is C36H48N6O11S2. The Labute approximate surface area is 322 Å².